The SMILES string of the molecule is CCC(CC)CN(CC)c1cc(Cl)ccc1C(N)=NO. The average molecular weight is 298 g/mol. The standard InChI is InChI=1S/C15H24ClN3O/c1-4-11(5-2)10-19(6-3)14-9-12(16)7-8-13(14)15(17)18-20/h7-9,11,20H,4-6,10H2,1-3H3,(H2,17,18). The molecule has 0 aliphatic carbocycles. The van der Waals surface area contributed by atoms with E-state index in [9.17, 15) is 0 Å². The van der Waals surface area contributed by atoms with Gasteiger partial charge < -0.3 is 15.8 Å². The van der Waals surface area contributed by atoms with Crippen LogP contribution >= 0.6 is 11.6 Å². The maximum absolute atomic E-state index is 8.92. The molecular weight excluding hydrogens is 274 g/mol. The van der Waals surface area contributed by atoms with Gasteiger partial charge in [0.25, 0.3) is 0 Å². The second kappa shape index (κ2) is 8.00. The number of nitrogens with two attached hydrogens (primary N) is 1. The van der Waals surface area contributed by atoms with Crippen LogP contribution in [-0.2, 0) is 0 Å². The summed E-state index contributed by atoms with van der Waals surface area (Å²) in [5.41, 5.74) is 7.40. The highest BCUT2D eigenvalue weighted by Gasteiger charge is 2.16. The lowest BCUT2D eigenvalue weighted by Gasteiger charge is -2.29. The van der Waals surface area contributed by atoms with E-state index in [2.05, 4.69) is 30.8 Å². The molecule has 3 N–H and O–H groups in total. The van der Waals surface area contributed by atoms with Gasteiger partial charge in [-0.1, -0.05) is 43.4 Å². The third-order valence-electron chi connectivity index (χ3n) is 3.70. The Hall–Kier alpha value is -1.42. The molecule has 0 heterocycles. The quantitative estimate of drug-likeness (QED) is 0.349. The Labute approximate surface area is 126 Å². The van der Waals surface area contributed by atoms with Crippen molar-refractivity contribution in [3.05, 3.63) is 28.8 Å². The van der Waals surface area contributed by atoms with E-state index in [4.69, 9.17) is 22.5 Å². The lowest BCUT2D eigenvalue weighted by Crippen LogP contribution is -2.31. The van der Waals surface area contributed by atoms with Gasteiger partial charge in [-0.15, -0.1) is 0 Å². The van der Waals surface area contributed by atoms with E-state index in [0.717, 1.165) is 31.6 Å². The number of nitrogens with zero attached hydrogens (tertiary/aromatic N) is 2. The summed E-state index contributed by atoms with van der Waals surface area (Å²) in [6.45, 7) is 8.28. The van der Waals surface area contributed by atoms with Crippen molar-refractivity contribution in [1.82, 2.24) is 0 Å². The molecule has 5 heteroatoms. The van der Waals surface area contributed by atoms with Gasteiger partial charge in [0.2, 0.25) is 0 Å². The highest BCUT2D eigenvalue weighted by Crippen LogP contribution is 2.26. The fourth-order valence-electron chi connectivity index (χ4n) is 2.29. The Bertz CT molecular complexity index is 458. The smallest absolute Gasteiger partial charge is 0.172 e. The molecule has 0 atom stereocenters. The first-order valence-electron chi connectivity index (χ1n) is 7.09. The minimum Gasteiger partial charge on any atom is -0.409 e. The fourth-order valence-corrected chi connectivity index (χ4v) is 2.46. The van der Waals surface area contributed by atoms with Crippen LogP contribution in [0.25, 0.3) is 0 Å². The number of oxime groups is 1. The van der Waals surface area contributed by atoms with E-state index in [1.807, 2.05) is 6.07 Å². The molecule has 0 radical (unpaired) electrons. The van der Waals surface area contributed by atoms with Crippen molar-refractivity contribution in [3.8, 4) is 0 Å². The Morgan fingerprint density at radius 2 is 2.00 bits per heavy atom. The maximum atomic E-state index is 8.92. The third kappa shape index (κ3) is 4.04. The summed E-state index contributed by atoms with van der Waals surface area (Å²) in [6, 6.07) is 5.42. The molecule has 4 nitrogen and oxygen atoms in total. The predicted octanol–water partition coefficient (Wildman–Crippen LogP) is 3.70. The number of rotatable bonds is 7. The van der Waals surface area contributed by atoms with Crippen LogP contribution in [0.2, 0.25) is 5.02 Å². The summed E-state index contributed by atoms with van der Waals surface area (Å²) in [5, 5.41) is 12.7. The van der Waals surface area contributed by atoms with Crippen LogP contribution in [0.4, 0.5) is 5.69 Å². The first kappa shape index (κ1) is 16.6. The van der Waals surface area contributed by atoms with Crippen molar-refractivity contribution in [3.63, 3.8) is 0 Å². The highest BCUT2D eigenvalue weighted by molar-refractivity contribution is 6.31. The van der Waals surface area contributed by atoms with Crippen molar-refractivity contribution < 1.29 is 5.21 Å². The van der Waals surface area contributed by atoms with E-state index in [1.54, 1.807) is 12.1 Å². The highest BCUT2D eigenvalue weighted by atomic mass is 35.5. The monoisotopic (exact) mass is 297 g/mol. The molecule has 1 rings (SSSR count). The Balaban J connectivity index is 3.16. The molecule has 20 heavy (non-hydrogen) atoms. The number of anilines is 1. The van der Waals surface area contributed by atoms with Crippen LogP contribution < -0.4 is 10.6 Å². The van der Waals surface area contributed by atoms with Crippen molar-refractivity contribution in [2.24, 2.45) is 16.8 Å². The molecule has 0 aliphatic heterocycles. The van der Waals surface area contributed by atoms with Crippen LogP contribution in [0.3, 0.4) is 0 Å². The maximum Gasteiger partial charge on any atom is 0.172 e. The van der Waals surface area contributed by atoms with Gasteiger partial charge in [-0.05, 0) is 31.0 Å². The predicted molar refractivity (Wildman–Crippen MR) is 85.9 cm³/mol. The lowest BCUT2D eigenvalue weighted by molar-refractivity contribution is 0.318. The molecule has 1 aromatic rings. The van der Waals surface area contributed by atoms with Crippen molar-refractivity contribution in [1.29, 1.82) is 0 Å². The van der Waals surface area contributed by atoms with Crippen LogP contribution in [0.15, 0.2) is 23.4 Å². The molecule has 0 spiro atoms. The zero-order valence-corrected chi connectivity index (χ0v) is 13.2. The third-order valence-corrected chi connectivity index (χ3v) is 3.93. The summed E-state index contributed by atoms with van der Waals surface area (Å²) in [6.07, 6.45) is 2.26. The van der Waals surface area contributed by atoms with Crippen molar-refractivity contribution >= 4 is 23.1 Å². The topological polar surface area (TPSA) is 61.8 Å². The minimum atomic E-state index is 0.111. The number of hydrogen-bond donors (Lipinski definition) is 2. The van der Waals surface area contributed by atoms with E-state index in [1.165, 1.54) is 0 Å². The summed E-state index contributed by atoms with van der Waals surface area (Å²) in [7, 11) is 0. The normalized spacial score (nSPS) is 11.9. The molecular formula is C15H24ClN3O. The number of benzene rings is 1. The summed E-state index contributed by atoms with van der Waals surface area (Å²) in [5.74, 6) is 0.730. The minimum absolute atomic E-state index is 0.111. The van der Waals surface area contributed by atoms with Crippen molar-refractivity contribution in [2.45, 2.75) is 33.6 Å². The molecule has 0 aliphatic rings. The van der Waals surface area contributed by atoms with Gasteiger partial charge >= 0.3 is 0 Å². The number of amidine groups is 1. The van der Waals surface area contributed by atoms with Crippen LogP contribution in [0.5, 0.6) is 0 Å². The van der Waals surface area contributed by atoms with Gasteiger partial charge in [0.1, 0.15) is 0 Å². The van der Waals surface area contributed by atoms with Gasteiger partial charge in [0.15, 0.2) is 5.84 Å². The van der Waals surface area contributed by atoms with Crippen LogP contribution in [0, 0.1) is 5.92 Å². The summed E-state index contributed by atoms with van der Waals surface area (Å²) in [4.78, 5) is 2.23. The van der Waals surface area contributed by atoms with Gasteiger partial charge in [-0.25, -0.2) is 0 Å². The molecule has 0 saturated carbocycles. The van der Waals surface area contributed by atoms with Crippen molar-refractivity contribution in [2.75, 3.05) is 18.0 Å². The Morgan fingerprint density at radius 3 is 2.50 bits per heavy atom. The molecule has 0 amide bonds. The van der Waals surface area contributed by atoms with Crippen LogP contribution in [-0.4, -0.2) is 24.1 Å². The van der Waals surface area contributed by atoms with Gasteiger partial charge in [0, 0.05) is 29.4 Å². The van der Waals surface area contributed by atoms with E-state index < -0.39 is 0 Å². The first-order valence-corrected chi connectivity index (χ1v) is 7.47. The Morgan fingerprint density at radius 1 is 1.35 bits per heavy atom. The van der Waals surface area contributed by atoms with Crippen LogP contribution in [0.1, 0.15) is 39.2 Å². The number of halogens is 1. The molecule has 1 aromatic carbocycles. The summed E-state index contributed by atoms with van der Waals surface area (Å²) >= 11 is 6.10. The molecule has 0 bridgehead atoms. The zero-order valence-electron chi connectivity index (χ0n) is 12.4. The first-order chi connectivity index (χ1) is 9.57. The lowest BCUT2D eigenvalue weighted by atomic mass is 10.0. The number of hydrogen-bond acceptors (Lipinski definition) is 3. The van der Waals surface area contributed by atoms with E-state index in [-0.39, 0.29) is 5.84 Å². The van der Waals surface area contributed by atoms with Gasteiger partial charge in [-0.3, -0.25) is 0 Å². The zero-order chi connectivity index (χ0) is 15.1. The summed E-state index contributed by atoms with van der Waals surface area (Å²) < 4.78 is 0. The van der Waals surface area contributed by atoms with E-state index >= 15 is 0 Å². The largest absolute Gasteiger partial charge is 0.409 e. The molecule has 0 aromatic heterocycles. The Kier molecular flexibility index (Phi) is 6.65. The average Bonchev–Trinajstić information content (AvgIpc) is 2.48. The van der Waals surface area contributed by atoms with E-state index in [0.29, 0.717) is 16.5 Å². The fraction of sp³-hybridized carbons (Fsp3) is 0.533. The molecule has 112 valence electrons. The van der Waals surface area contributed by atoms with Gasteiger partial charge in [0.05, 0.1) is 0 Å². The second-order valence-corrected chi connectivity index (χ2v) is 5.30. The molecule has 0 fully saturated rings. The molecule has 0 saturated heterocycles. The van der Waals surface area contributed by atoms with Gasteiger partial charge in [-0.2, -0.15) is 0 Å². The second-order valence-electron chi connectivity index (χ2n) is 4.87. The molecule has 0 unspecified atom stereocenters.